The second kappa shape index (κ2) is 6.16. The van der Waals surface area contributed by atoms with Crippen LogP contribution in [0.2, 0.25) is 5.15 Å². The molecular formula is C16H22ClIN4O2. The zero-order valence-corrected chi connectivity index (χ0v) is 17.0. The smallest absolute Gasteiger partial charge is 0.408 e. The first-order valence-corrected chi connectivity index (χ1v) is 9.53. The van der Waals surface area contributed by atoms with Gasteiger partial charge in [-0.25, -0.2) is 14.8 Å². The first kappa shape index (κ1) is 18.0. The largest absolute Gasteiger partial charge is 0.444 e. The Morgan fingerprint density at radius 2 is 1.88 bits per heavy atom. The fourth-order valence-electron chi connectivity index (χ4n) is 3.75. The first-order valence-electron chi connectivity index (χ1n) is 8.08. The number of aromatic nitrogens is 2. The molecule has 0 atom stereocenters. The minimum absolute atomic E-state index is 0.0490. The highest BCUT2D eigenvalue weighted by Crippen LogP contribution is 2.52. The maximum Gasteiger partial charge on any atom is 0.408 e. The highest BCUT2D eigenvalue weighted by molar-refractivity contribution is 14.1. The van der Waals surface area contributed by atoms with Crippen molar-refractivity contribution in [2.45, 2.75) is 69.6 Å². The second-order valence-corrected chi connectivity index (χ2v) is 9.25. The van der Waals surface area contributed by atoms with Crippen molar-refractivity contribution in [3.8, 4) is 0 Å². The van der Waals surface area contributed by atoms with Crippen molar-refractivity contribution < 1.29 is 9.53 Å². The van der Waals surface area contributed by atoms with Gasteiger partial charge in [-0.1, -0.05) is 11.6 Å². The molecule has 2 fully saturated rings. The summed E-state index contributed by atoms with van der Waals surface area (Å²) < 4.78 is 6.25. The standard InChI is InChI=1S/C16H22ClIN4O2/c1-14(2,3)24-13(23)22-16-6-4-15(8-16,5-7-16)21-12-10(18)11(17)19-9-20-12/h9H,4-8H2,1-3H3,(H,22,23)(H,19,20,21). The van der Waals surface area contributed by atoms with E-state index >= 15 is 0 Å². The van der Waals surface area contributed by atoms with Crippen molar-refractivity contribution >= 4 is 46.1 Å². The van der Waals surface area contributed by atoms with Crippen LogP contribution in [0.5, 0.6) is 0 Å². The molecule has 6 nitrogen and oxygen atoms in total. The van der Waals surface area contributed by atoms with Crippen molar-refractivity contribution in [1.82, 2.24) is 15.3 Å². The summed E-state index contributed by atoms with van der Waals surface area (Å²) in [4.78, 5) is 20.5. The molecule has 0 aromatic carbocycles. The number of hydrogen-bond donors (Lipinski definition) is 2. The molecule has 0 radical (unpaired) electrons. The summed E-state index contributed by atoms with van der Waals surface area (Å²) in [6, 6.07) is 0. The molecule has 2 bridgehead atoms. The molecule has 1 heterocycles. The summed E-state index contributed by atoms with van der Waals surface area (Å²) in [7, 11) is 0. The molecule has 132 valence electrons. The summed E-state index contributed by atoms with van der Waals surface area (Å²) in [5.74, 6) is 0.769. The zero-order chi connectivity index (χ0) is 17.6. The monoisotopic (exact) mass is 464 g/mol. The topological polar surface area (TPSA) is 76.1 Å². The minimum Gasteiger partial charge on any atom is -0.444 e. The predicted octanol–water partition coefficient (Wildman–Crippen LogP) is 4.13. The summed E-state index contributed by atoms with van der Waals surface area (Å²) in [6.07, 6.45) is 5.86. The van der Waals surface area contributed by atoms with Gasteiger partial charge in [-0.2, -0.15) is 0 Å². The van der Waals surface area contributed by atoms with E-state index in [2.05, 4.69) is 43.2 Å². The van der Waals surface area contributed by atoms with Gasteiger partial charge in [0.15, 0.2) is 0 Å². The third-order valence-electron chi connectivity index (χ3n) is 4.74. The Morgan fingerprint density at radius 1 is 1.25 bits per heavy atom. The molecule has 1 aromatic rings. The molecule has 0 unspecified atom stereocenters. The summed E-state index contributed by atoms with van der Waals surface area (Å²) in [5, 5.41) is 7.14. The SMILES string of the molecule is CC(C)(C)OC(=O)NC12CCC(Nc3ncnc(Cl)c3I)(CC1)C2. The van der Waals surface area contributed by atoms with Gasteiger partial charge in [-0.05, 0) is 75.5 Å². The van der Waals surface area contributed by atoms with Crippen molar-refractivity contribution in [3.05, 3.63) is 15.1 Å². The van der Waals surface area contributed by atoms with E-state index in [0.717, 1.165) is 41.5 Å². The van der Waals surface area contributed by atoms with E-state index in [1.54, 1.807) is 0 Å². The van der Waals surface area contributed by atoms with Gasteiger partial charge in [0.1, 0.15) is 22.9 Å². The van der Waals surface area contributed by atoms with E-state index in [1.165, 1.54) is 6.33 Å². The Hall–Kier alpha value is -0.830. The Labute approximate surface area is 160 Å². The van der Waals surface area contributed by atoms with Crippen LogP contribution in [-0.2, 0) is 4.74 Å². The zero-order valence-electron chi connectivity index (χ0n) is 14.1. The molecular weight excluding hydrogens is 443 g/mol. The van der Waals surface area contributed by atoms with Crippen LogP contribution in [0.3, 0.4) is 0 Å². The molecule has 2 N–H and O–H groups in total. The summed E-state index contributed by atoms with van der Waals surface area (Å²) in [5.41, 5.74) is -0.717. The highest BCUT2D eigenvalue weighted by Gasteiger charge is 2.55. The van der Waals surface area contributed by atoms with Gasteiger partial charge in [0.05, 0.1) is 3.57 Å². The van der Waals surface area contributed by atoms with E-state index in [0.29, 0.717) is 5.15 Å². The number of carbonyl (C=O) groups excluding carboxylic acids is 1. The Bertz CT molecular complexity index is 654. The van der Waals surface area contributed by atoms with E-state index in [4.69, 9.17) is 16.3 Å². The van der Waals surface area contributed by atoms with Crippen molar-refractivity contribution in [2.75, 3.05) is 5.32 Å². The van der Waals surface area contributed by atoms with Crippen LogP contribution in [0.4, 0.5) is 10.6 Å². The average Bonchev–Trinajstić information content (AvgIpc) is 2.97. The Morgan fingerprint density at radius 3 is 2.50 bits per heavy atom. The molecule has 8 heteroatoms. The van der Waals surface area contributed by atoms with Gasteiger partial charge in [0, 0.05) is 11.1 Å². The Kier molecular flexibility index (Phi) is 4.61. The van der Waals surface area contributed by atoms with E-state index < -0.39 is 5.60 Å². The number of amides is 1. The molecule has 2 aliphatic rings. The van der Waals surface area contributed by atoms with E-state index in [-0.39, 0.29) is 17.2 Å². The van der Waals surface area contributed by atoms with Gasteiger partial charge in [0.2, 0.25) is 0 Å². The summed E-state index contributed by atoms with van der Waals surface area (Å²) in [6.45, 7) is 5.63. The van der Waals surface area contributed by atoms with E-state index in [9.17, 15) is 4.79 Å². The normalized spacial score (nSPS) is 28.7. The predicted molar refractivity (Wildman–Crippen MR) is 101 cm³/mol. The van der Waals surface area contributed by atoms with Crippen LogP contribution >= 0.6 is 34.2 Å². The van der Waals surface area contributed by atoms with Crippen LogP contribution in [0, 0.1) is 3.57 Å². The molecule has 2 aliphatic carbocycles. The third-order valence-corrected chi connectivity index (χ3v) is 6.36. The van der Waals surface area contributed by atoms with Crippen LogP contribution < -0.4 is 10.6 Å². The molecule has 0 saturated heterocycles. The first-order chi connectivity index (χ1) is 11.1. The minimum atomic E-state index is -0.485. The molecule has 0 spiro atoms. The van der Waals surface area contributed by atoms with Crippen molar-refractivity contribution in [1.29, 1.82) is 0 Å². The number of alkyl carbamates (subject to hydrolysis) is 1. The maximum absolute atomic E-state index is 12.2. The molecule has 2 saturated carbocycles. The fraction of sp³-hybridized carbons (Fsp3) is 0.688. The molecule has 0 aliphatic heterocycles. The summed E-state index contributed by atoms with van der Waals surface area (Å²) >= 11 is 8.24. The lowest BCUT2D eigenvalue weighted by Crippen LogP contribution is -2.47. The fourth-order valence-corrected chi connectivity index (χ4v) is 4.30. The van der Waals surface area contributed by atoms with Crippen molar-refractivity contribution in [3.63, 3.8) is 0 Å². The van der Waals surface area contributed by atoms with E-state index in [1.807, 2.05) is 20.8 Å². The lowest BCUT2D eigenvalue weighted by Gasteiger charge is -2.30. The molecule has 24 heavy (non-hydrogen) atoms. The van der Waals surface area contributed by atoms with Gasteiger partial charge in [-0.3, -0.25) is 0 Å². The number of nitrogens with zero attached hydrogens (tertiary/aromatic N) is 2. The number of ether oxygens (including phenoxy) is 1. The quantitative estimate of drug-likeness (QED) is 0.520. The van der Waals surface area contributed by atoms with Crippen LogP contribution in [-0.4, -0.2) is 32.7 Å². The third kappa shape index (κ3) is 3.71. The number of nitrogens with one attached hydrogen (secondary N) is 2. The van der Waals surface area contributed by atoms with Crippen molar-refractivity contribution in [2.24, 2.45) is 0 Å². The maximum atomic E-state index is 12.2. The van der Waals surface area contributed by atoms with Gasteiger partial charge < -0.3 is 15.4 Å². The van der Waals surface area contributed by atoms with Gasteiger partial charge in [-0.15, -0.1) is 0 Å². The molecule has 1 aromatic heterocycles. The number of fused-ring (bicyclic) bond motifs is 2. The highest BCUT2D eigenvalue weighted by atomic mass is 127. The number of anilines is 1. The average molecular weight is 465 g/mol. The van der Waals surface area contributed by atoms with Crippen LogP contribution in [0.15, 0.2) is 6.33 Å². The number of carbonyl (C=O) groups is 1. The van der Waals surface area contributed by atoms with Crippen LogP contribution in [0.1, 0.15) is 52.9 Å². The van der Waals surface area contributed by atoms with Crippen LogP contribution in [0.25, 0.3) is 0 Å². The number of halogens is 2. The van der Waals surface area contributed by atoms with Gasteiger partial charge in [0.25, 0.3) is 0 Å². The number of rotatable bonds is 3. The number of hydrogen-bond acceptors (Lipinski definition) is 5. The van der Waals surface area contributed by atoms with Gasteiger partial charge >= 0.3 is 6.09 Å². The lowest BCUT2D eigenvalue weighted by atomic mass is 9.91. The molecule has 1 amide bonds. The second-order valence-electron chi connectivity index (χ2n) is 7.82. The Balaban J connectivity index is 1.69. The molecule has 3 rings (SSSR count). The lowest BCUT2D eigenvalue weighted by molar-refractivity contribution is 0.0458.